The second kappa shape index (κ2) is 10.2. The molecule has 0 aromatic heterocycles. The number of anilines is 1. The van der Waals surface area contributed by atoms with Crippen LogP contribution in [0.3, 0.4) is 0 Å². The van der Waals surface area contributed by atoms with Gasteiger partial charge in [0.05, 0.1) is 6.54 Å². The van der Waals surface area contributed by atoms with Crippen molar-refractivity contribution in [2.75, 3.05) is 36.5 Å². The number of nitrogens with one attached hydrogen (secondary N) is 1. The molecule has 0 saturated carbocycles. The summed E-state index contributed by atoms with van der Waals surface area (Å²) in [5, 5.41) is 2.92. The summed E-state index contributed by atoms with van der Waals surface area (Å²) in [6, 6.07) is 7.73. The number of halogens is 1. The van der Waals surface area contributed by atoms with E-state index in [9.17, 15) is 4.79 Å². The zero-order chi connectivity index (χ0) is 16.8. The molecule has 0 aliphatic carbocycles. The van der Waals surface area contributed by atoms with Crippen LogP contribution in [0.1, 0.15) is 18.4 Å². The van der Waals surface area contributed by atoms with E-state index in [2.05, 4.69) is 15.2 Å². The third-order valence-electron chi connectivity index (χ3n) is 4.18. The molecule has 8 heteroatoms. The van der Waals surface area contributed by atoms with Crippen LogP contribution in [0.2, 0.25) is 0 Å². The molecule has 6 nitrogen and oxygen atoms in total. The molecule has 3 N–H and O–H groups in total. The van der Waals surface area contributed by atoms with Crippen molar-refractivity contribution >= 4 is 53.3 Å². The SMILES string of the molecule is I.NC(=NCc1cccc(NC(=O)C2CCCO2)c1)N1CCSCC1. The maximum absolute atomic E-state index is 12.1. The summed E-state index contributed by atoms with van der Waals surface area (Å²) in [6.45, 7) is 3.09. The van der Waals surface area contributed by atoms with Crippen molar-refractivity contribution in [3.63, 3.8) is 0 Å². The second-order valence-electron chi connectivity index (χ2n) is 5.97. The molecule has 2 saturated heterocycles. The van der Waals surface area contributed by atoms with E-state index in [1.165, 1.54) is 0 Å². The minimum Gasteiger partial charge on any atom is -0.370 e. The van der Waals surface area contributed by atoms with Crippen molar-refractivity contribution in [1.82, 2.24) is 4.90 Å². The minimum atomic E-state index is -0.320. The zero-order valence-corrected chi connectivity index (χ0v) is 17.3. The zero-order valence-electron chi connectivity index (χ0n) is 14.1. The molecular weight excluding hydrogens is 451 g/mol. The quantitative estimate of drug-likeness (QED) is 0.396. The predicted octanol–water partition coefficient (Wildman–Crippen LogP) is 2.29. The second-order valence-corrected chi connectivity index (χ2v) is 7.19. The van der Waals surface area contributed by atoms with Gasteiger partial charge in [-0.15, -0.1) is 24.0 Å². The van der Waals surface area contributed by atoms with Crippen molar-refractivity contribution < 1.29 is 9.53 Å². The molecule has 3 rings (SSSR count). The molecule has 2 aliphatic rings. The Morgan fingerprint density at radius 1 is 1.40 bits per heavy atom. The lowest BCUT2D eigenvalue weighted by molar-refractivity contribution is -0.124. The first-order valence-corrected chi connectivity index (χ1v) is 9.52. The smallest absolute Gasteiger partial charge is 0.253 e. The molecule has 2 fully saturated rings. The summed E-state index contributed by atoms with van der Waals surface area (Å²) in [4.78, 5) is 18.7. The fourth-order valence-electron chi connectivity index (χ4n) is 2.82. The maximum atomic E-state index is 12.1. The average Bonchev–Trinajstić information content (AvgIpc) is 3.15. The fraction of sp³-hybridized carbons (Fsp3) is 0.529. The van der Waals surface area contributed by atoms with Gasteiger partial charge in [0.15, 0.2) is 5.96 Å². The van der Waals surface area contributed by atoms with E-state index < -0.39 is 0 Å². The van der Waals surface area contributed by atoms with Crippen molar-refractivity contribution in [1.29, 1.82) is 0 Å². The van der Waals surface area contributed by atoms with Gasteiger partial charge >= 0.3 is 0 Å². The monoisotopic (exact) mass is 476 g/mol. The molecule has 2 aliphatic heterocycles. The molecule has 0 bridgehead atoms. The highest BCUT2D eigenvalue weighted by atomic mass is 127. The number of ether oxygens (including phenoxy) is 1. The first-order valence-electron chi connectivity index (χ1n) is 8.36. The Hall–Kier alpha value is -1.000. The summed E-state index contributed by atoms with van der Waals surface area (Å²) < 4.78 is 5.41. The molecule has 0 spiro atoms. The fourth-order valence-corrected chi connectivity index (χ4v) is 3.72. The molecule has 1 aromatic rings. The maximum Gasteiger partial charge on any atom is 0.253 e. The van der Waals surface area contributed by atoms with Crippen LogP contribution in [-0.4, -0.2) is 54.1 Å². The van der Waals surface area contributed by atoms with Crippen molar-refractivity contribution in [3.05, 3.63) is 29.8 Å². The van der Waals surface area contributed by atoms with Gasteiger partial charge in [-0.05, 0) is 30.5 Å². The minimum absolute atomic E-state index is 0. The topological polar surface area (TPSA) is 79.9 Å². The third-order valence-corrected chi connectivity index (χ3v) is 5.12. The highest BCUT2D eigenvalue weighted by Gasteiger charge is 2.23. The Labute approximate surface area is 170 Å². The van der Waals surface area contributed by atoms with Crippen LogP contribution < -0.4 is 11.1 Å². The van der Waals surface area contributed by atoms with Crippen molar-refractivity contribution in [3.8, 4) is 0 Å². The lowest BCUT2D eigenvalue weighted by atomic mass is 10.2. The van der Waals surface area contributed by atoms with Crippen LogP contribution in [-0.2, 0) is 16.1 Å². The van der Waals surface area contributed by atoms with Gasteiger partial charge in [-0.25, -0.2) is 4.99 Å². The van der Waals surface area contributed by atoms with Gasteiger partial charge in [-0.3, -0.25) is 4.79 Å². The molecule has 1 unspecified atom stereocenters. The Morgan fingerprint density at radius 3 is 2.92 bits per heavy atom. The number of guanidine groups is 1. The highest BCUT2D eigenvalue weighted by Crippen LogP contribution is 2.17. The van der Waals surface area contributed by atoms with Crippen LogP contribution in [0.4, 0.5) is 5.69 Å². The molecule has 25 heavy (non-hydrogen) atoms. The number of hydrogen-bond donors (Lipinski definition) is 2. The van der Waals surface area contributed by atoms with Crippen LogP contribution in [0.15, 0.2) is 29.3 Å². The number of carbonyl (C=O) groups excluding carboxylic acids is 1. The first-order chi connectivity index (χ1) is 11.7. The van der Waals surface area contributed by atoms with Crippen molar-refractivity contribution in [2.45, 2.75) is 25.5 Å². The van der Waals surface area contributed by atoms with Crippen molar-refractivity contribution in [2.24, 2.45) is 10.7 Å². The number of aliphatic imine (C=N–C) groups is 1. The Bertz CT molecular complexity index is 602. The van der Waals surface area contributed by atoms with Crippen LogP contribution in [0.25, 0.3) is 0 Å². The van der Waals surface area contributed by atoms with E-state index in [1.807, 2.05) is 36.0 Å². The van der Waals surface area contributed by atoms with E-state index in [4.69, 9.17) is 10.5 Å². The largest absolute Gasteiger partial charge is 0.370 e. The van der Waals surface area contributed by atoms with Gasteiger partial charge in [-0.2, -0.15) is 11.8 Å². The first kappa shape index (κ1) is 20.3. The summed E-state index contributed by atoms with van der Waals surface area (Å²) in [5.41, 5.74) is 7.88. The molecule has 138 valence electrons. The molecule has 1 atom stereocenters. The number of carbonyl (C=O) groups is 1. The van der Waals surface area contributed by atoms with Gasteiger partial charge in [0.25, 0.3) is 5.91 Å². The van der Waals surface area contributed by atoms with Gasteiger partial charge in [0.1, 0.15) is 6.10 Å². The predicted molar refractivity (Wildman–Crippen MR) is 114 cm³/mol. The standard InChI is InChI=1S/C17H24N4O2S.HI/c18-17(21-6-9-24-10-7-21)19-12-13-3-1-4-14(11-13)20-16(22)15-5-2-8-23-15;/h1,3-4,11,15H,2,5-10,12H2,(H2,18,19)(H,20,22);1H. The Morgan fingerprint density at radius 2 is 2.20 bits per heavy atom. The Kier molecular flexibility index (Phi) is 8.31. The van der Waals surface area contributed by atoms with Crippen LogP contribution in [0, 0.1) is 0 Å². The number of rotatable bonds is 4. The summed E-state index contributed by atoms with van der Waals surface area (Å²) in [7, 11) is 0. The van der Waals surface area contributed by atoms with Gasteiger partial charge in [-0.1, -0.05) is 12.1 Å². The van der Waals surface area contributed by atoms with E-state index in [1.54, 1.807) is 0 Å². The molecule has 1 amide bonds. The summed E-state index contributed by atoms with van der Waals surface area (Å²) in [6.07, 6.45) is 1.42. The van der Waals surface area contributed by atoms with E-state index in [0.29, 0.717) is 19.1 Å². The molecule has 1 aromatic carbocycles. The van der Waals surface area contributed by atoms with Gasteiger partial charge in [0, 0.05) is 36.9 Å². The van der Waals surface area contributed by atoms with Crippen LogP contribution >= 0.6 is 35.7 Å². The van der Waals surface area contributed by atoms with Gasteiger partial charge < -0.3 is 20.7 Å². The van der Waals surface area contributed by atoms with Gasteiger partial charge in [0.2, 0.25) is 0 Å². The van der Waals surface area contributed by atoms with Crippen LogP contribution in [0.5, 0.6) is 0 Å². The lowest BCUT2D eigenvalue weighted by Crippen LogP contribution is -2.42. The van der Waals surface area contributed by atoms with E-state index in [0.717, 1.165) is 48.7 Å². The number of nitrogens with two attached hydrogens (primary N) is 1. The molecular formula is C17H25IN4O2S. The van der Waals surface area contributed by atoms with E-state index in [-0.39, 0.29) is 36.0 Å². The summed E-state index contributed by atoms with van der Waals surface area (Å²) in [5.74, 6) is 2.73. The molecule has 0 radical (unpaired) electrons. The number of thioether (sulfide) groups is 1. The number of amides is 1. The number of hydrogen-bond acceptors (Lipinski definition) is 4. The Balaban J connectivity index is 0.00000225. The normalized spacial score (nSPS) is 20.9. The molecule has 2 heterocycles. The summed E-state index contributed by atoms with van der Waals surface area (Å²) >= 11 is 1.95. The third kappa shape index (κ3) is 6.03. The highest BCUT2D eigenvalue weighted by molar-refractivity contribution is 14.0. The van der Waals surface area contributed by atoms with E-state index >= 15 is 0 Å². The number of nitrogens with zero attached hydrogens (tertiary/aromatic N) is 2. The lowest BCUT2D eigenvalue weighted by Gasteiger charge is -2.27. The number of benzene rings is 1. The average molecular weight is 476 g/mol.